The smallest absolute Gasteiger partial charge is 0.258 e. The topological polar surface area (TPSA) is 50.4 Å². The predicted octanol–water partition coefficient (Wildman–Crippen LogP) is 2.18. The number of ether oxygens (including phenoxy) is 1. The summed E-state index contributed by atoms with van der Waals surface area (Å²) in [4.78, 5) is 11.6. The van der Waals surface area contributed by atoms with Gasteiger partial charge >= 0.3 is 0 Å². The molecule has 0 spiro atoms. The first-order valence-electron chi connectivity index (χ1n) is 6.64. The third kappa shape index (κ3) is 4.91. The minimum absolute atomic E-state index is 0.0467. The molecule has 0 aliphatic rings. The molecule has 0 heterocycles. The lowest BCUT2D eigenvalue weighted by molar-refractivity contribution is -0.123. The molecule has 1 atom stereocenters. The van der Waals surface area contributed by atoms with Crippen molar-refractivity contribution in [3.05, 3.63) is 29.3 Å². The van der Waals surface area contributed by atoms with Crippen molar-refractivity contribution in [2.45, 2.75) is 39.8 Å². The van der Waals surface area contributed by atoms with Crippen molar-refractivity contribution in [1.82, 2.24) is 10.6 Å². The van der Waals surface area contributed by atoms with E-state index in [1.807, 2.05) is 46.0 Å². The minimum atomic E-state index is -0.0976. The molecule has 0 fully saturated rings. The van der Waals surface area contributed by atoms with Gasteiger partial charge in [0.15, 0.2) is 6.61 Å². The lowest BCUT2D eigenvalue weighted by Gasteiger charge is -2.17. The zero-order chi connectivity index (χ0) is 14.4. The Balaban J connectivity index is 2.76. The fourth-order valence-electron chi connectivity index (χ4n) is 1.79. The quantitative estimate of drug-likeness (QED) is 0.828. The average Bonchev–Trinajstić information content (AvgIpc) is 2.34. The van der Waals surface area contributed by atoms with E-state index in [-0.39, 0.29) is 24.6 Å². The third-order valence-corrected chi connectivity index (χ3v) is 2.88. The van der Waals surface area contributed by atoms with Crippen LogP contribution in [0.2, 0.25) is 0 Å². The van der Waals surface area contributed by atoms with E-state index in [1.54, 1.807) is 0 Å². The molecule has 1 aromatic rings. The Labute approximate surface area is 115 Å². The maximum absolute atomic E-state index is 11.6. The van der Waals surface area contributed by atoms with Gasteiger partial charge in [0.05, 0.1) is 0 Å². The molecule has 0 bridgehead atoms. The highest BCUT2D eigenvalue weighted by molar-refractivity contribution is 5.77. The van der Waals surface area contributed by atoms with E-state index < -0.39 is 0 Å². The fraction of sp³-hybridized carbons (Fsp3) is 0.533. The van der Waals surface area contributed by atoms with Gasteiger partial charge in [0.2, 0.25) is 0 Å². The summed E-state index contributed by atoms with van der Waals surface area (Å²) in [5.41, 5.74) is 2.18. The summed E-state index contributed by atoms with van der Waals surface area (Å²) in [6.07, 6.45) is 0. The van der Waals surface area contributed by atoms with Gasteiger partial charge in [0.25, 0.3) is 5.91 Å². The molecule has 0 saturated heterocycles. The standard InChI is InChI=1S/C15H24N2O2/c1-10(2)17-15(18)9-19-14-8-11(3)6-7-13(14)12(4)16-5/h6-8,10,12,16H,9H2,1-5H3,(H,17,18). The maximum atomic E-state index is 11.6. The van der Waals surface area contributed by atoms with Crippen LogP contribution in [0.15, 0.2) is 18.2 Å². The lowest BCUT2D eigenvalue weighted by atomic mass is 10.1. The number of carbonyl (C=O) groups is 1. The first-order chi connectivity index (χ1) is 8.93. The van der Waals surface area contributed by atoms with Crippen LogP contribution in [0, 0.1) is 6.92 Å². The molecule has 0 saturated carbocycles. The summed E-state index contributed by atoms with van der Waals surface area (Å²) < 4.78 is 5.65. The van der Waals surface area contributed by atoms with E-state index in [0.717, 1.165) is 16.9 Å². The number of aryl methyl sites for hydroxylation is 1. The van der Waals surface area contributed by atoms with Gasteiger partial charge in [-0.3, -0.25) is 4.79 Å². The van der Waals surface area contributed by atoms with Crippen molar-refractivity contribution in [1.29, 1.82) is 0 Å². The molecule has 106 valence electrons. The van der Waals surface area contributed by atoms with Gasteiger partial charge in [-0.15, -0.1) is 0 Å². The van der Waals surface area contributed by atoms with Gasteiger partial charge in [-0.2, -0.15) is 0 Å². The van der Waals surface area contributed by atoms with Gasteiger partial charge in [-0.1, -0.05) is 12.1 Å². The first kappa shape index (κ1) is 15.5. The molecule has 0 radical (unpaired) electrons. The summed E-state index contributed by atoms with van der Waals surface area (Å²) in [7, 11) is 1.90. The second-order valence-electron chi connectivity index (χ2n) is 5.06. The Bertz CT molecular complexity index is 430. The van der Waals surface area contributed by atoms with E-state index in [0.29, 0.717) is 0 Å². The van der Waals surface area contributed by atoms with Crippen molar-refractivity contribution in [2.24, 2.45) is 0 Å². The van der Waals surface area contributed by atoms with Crippen LogP contribution in [0.1, 0.15) is 37.9 Å². The van der Waals surface area contributed by atoms with E-state index in [4.69, 9.17) is 4.74 Å². The van der Waals surface area contributed by atoms with Crippen molar-refractivity contribution in [2.75, 3.05) is 13.7 Å². The molecule has 1 unspecified atom stereocenters. The summed E-state index contributed by atoms with van der Waals surface area (Å²) in [6, 6.07) is 6.36. The minimum Gasteiger partial charge on any atom is -0.483 e. The molecular weight excluding hydrogens is 240 g/mol. The number of rotatable bonds is 6. The summed E-state index contributed by atoms with van der Waals surface area (Å²) in [6.45, 7) is 7.98. The number of amides is 1. The average molecular weight is 264 g/mol. The van der Waals surface area contributed by atoms with E-state index in [9.17, 15) is 4.79 Å². The third-order valence-electron chi connectivity index (χ3n) is 2.88. The Morgan fingerprint density at radius 2 is 2.00 bits per heavy atom. The SMILES string of the molecule is CNC(C)c1ccc(C)cc1OCC(=O)NC(C)C. The molecule has 1 aromatic carbocycles. The molecule has 0 aliphatic heterocycles. The van der Waals surface area contributed by atoms with Crippen LogP contribution in [0.4, 0.5) is 0 Å². The van der Waals surface area contributed by atoms with Gasteiger partial charge < -0.3 is 15.4 Å². The van der Waals surface area contributed by atoms with Gasteiger partial charge in [0.1, 0.15) is 5.75 Å². The Kier molecular flexibility index (Phi) is 5.83. The van der Waals surface area contributed by atoms with Crippen LogP contribution in [-0.4, -0.2) is 25.6 Å². The Morgan fingerprint density at radius 1 is 1.32 bits per heavy atom. The molecular formula is C15H24N2O2. The lowest BCUT2D eigenvalue weighted by Crippen LogP contribution is -2.34. The van der Waals surface area contributed by atoms with Crippen molar-refractivity contribution >= 4 is 5.91 Å². The number of hydrogen-bond donors (Lipinski definition) is 2. The fourth-order valence-corrected chi connectivity index (χ4v) is 1.79. The molecule has 2 N–H and O–H groups in total. The number of benzene rings is 1. The molecule has 4 nitrogen and oxygen atoms in total. The number of nitrogens with one attached hydrogen (secondary N) is 2. The summed E-state index contributed by atoms with van der Waals surface area (Å²) in [5.74, 6) is 0.667. The van der Waals surface area contributed by atoms with Crippen molar-refractivity contribution in [3.8, 4) is 5.75 Å². The highest BCUT2D eigenvalue weighted by atomic mass is 16.5. The van der Waals surface area contributed by atoms with Gasteiger partial charge in [-0.05, 0) is 46.4 Å². The molecule has 1 amide bonds. The molecule has 4 heteroatoms. The predicted molar refractivity (Wildman–Crippen MR) is 77.4 cm³/mol. The van der Waals surface area contributed by atoms with E-state index >= 15 is 0 Å². The highest BCUT2D eigenvalue weighted by Gasteiger charge is 2.12. The zero-order valence-corrected chi connectivity index (χ0v) is 12.4. The van der Waals surface area contributed by atoms with E-state index in [1.165, 1.54) is 0 Å². The maximum Gasteiger partial charge on any atom is 0.258 e. The number of carbonyl (C=O) groups excluding carboxylic acids is 1. The van der Waals surface area contributed by atoms with Crippen molar-refractivity contribution < 1.29 is 9.53 Å². The summed E-state index contributed by atoms with van der Waals surface area (Å²) >= 11 is 0. The van der Waals surface area contributed by atoms with Crippen LogP contribution in [-0.2, 0) is 4.79 Å². The molecule has 0 aromatic heterocycles. The Morgan fingerprint density at radius 3 is 2.58 bits per heavy atom. The van der Waals surface area contributed by atoms with Gasteiger partial charge in [0, 0.05) is 17.6 Å². The van der Waals surface area contributed by atoms with Crippen molar-refractivity contribution in [3.63, 3.8) is 0 Å². The largest absolute Gasteiger partial charge is 0.483 e. The monoisotopic (exact) mass is 264 g/mol. The van der Waals surface area contributed by atoms with Gasteiger partial charge in [-0.25, -0.2) is 0 Å². The normalized spacial score (nSPS) is 12.3. The number of hydrogen-bond acceptors (Lipinski definition) is 3. The summed E-state index contributed by atoms with van der Waals surface area (Å²) in [5, 5.41) is 5.99. The first-order valence-corrected chi connectivity index (χ1v) is 6.64. The highest BCUT2D eigenvalue weighted by Crippen LogP contribution is 2.26. The molecule has 0 aliphatic carbocycles. The van der Waals surface area contributed by atoms with Crippen LogP contribution >= 0.6 is 0 Å². The molecule has 19 heavy (non-hydrogen) atoms. The second kappa shape index (κ2) is 7.14. The van der Waals surface area contributed by atoms with Crippen LogP contribution in [0.25, 0.3) is 0 Å². The molecule has 1 rings (SSSR count). The second-order valence-corrected chi connectivity index (χ2v) is 5.06. The zero-order valence-electron chi connectivity index (χ0n) is 12.4. The van der Waals surface area contributed by atoms with Crippen LogP contribution < -0.4 is 15.4 Å². The van der Waals surface area contributed by atoms with Crippen LogP contribution in [0.5, 0.6) is 5.75 Å². The van der Waals surface area contributed by atoms with Crippen LogP contribution in [0.3, 0.4) is 0 Å². The van der Waals surface area contributed by atoms with E-state index in [2.05, 4.69) is 17.6 Å². The Hall–Kier alpha value is -1.55.